The molecule has 0 fully saturated rings. The summed E-state index contributed by atoms with van der Waals surface area (Å²) in [6.07, 6.45) is 0. The molecule has 148 valence electrons. The highest BCUT2D eigenvalue weighted by Gasteiger charge is 2.21. The highest BCUT2D eigenvalue weighted by atomic mass is 35.5. The zero-order chi connectivity index (χ0) is 20.7. The van der Waals surface area contributed by atoms with Crippen molar-refractivity contribution in [2.45, 2.75) is 13.5 Å². The normalized spacial score (nSPS) is 11.2. The van der Waals surface area contributed by atoms with Crippen LogP contribution in [0.25, 0.3) is 11.2 Å². The summed E-state index contributed by atoms with van der Waals surface area (Å²) in [6.45, 7) is 2.27. The number of hydrogen-bond donors (Lipinski definition) is 0. The van der Waals surface area contributed by atoms with Crippen LogP contribution in [0.5, 0.6) is 11.8 Å². The van der Waals surface area contributed by atoms with Gasteiger partial charge in [-0.15, -0.1) is 0 Å². The molecule has 0 amide bonds. The Morgan fingerprint density at radius 3 is 2.52 bits per heavy atom. The average molecular weight is 411 g/mol. The Bertz CT molecular complexity index is 1350. The van der Waals surface area contributed by atoms with Crippen LogP contribution >= 0.6 is 11.6 Å². The summed E-state index contributed by atoms with van der Waals surface area (Å²) in [4.78, 5) is 29.7. The summed E-state index contributed by atoms with van der Waals surface area (Å²) >= 11 is 6.13. The lowest BCUT2D eigenvalue weighted by Crippen LogP contribution is -2.37. The molecule has 2 heterocycles. The van der Waals surface area contributed by atoms with Gasteiger partial charge in [-0.1, -0.05) is 35.9 Å². The van der Waals surface area contributed by atoms with Gasteiger partial charge in [0.05, 0.1) is 6.54 Å². The molecule has 0 radical (unpaired) electrons. The van der Waals surface area contributed by atoms with Gasteiger partial charge < -0.3 is 4.74 Å². The van der Waals surface area contributed by atoms with Gasteiger partial charge in [-0.05, 0) is 42.3 Å². The van der Waals surface area contributed by atoms with E-state index in [-0.39, 0.29) is 17.2 Å². The smallest absolute Gasteiger partial charge is 0.332 e. The quantitative estimate of drug-likeness (QED) is 0.518. The number of ether oxygens (including phenoxy) is 1. The number of imidazole rings is 1. The SMILES string of the molecule is Cc1cccc(Oc2nc3c(c(=O)n(C)c(=O)n3C)n2Cc2cccc(Cl)c2)c1. The molecular formula is C21H19ClN4O3. The van der Waals surface area contributed by atoms with E-state index in [0.717, 1.165) is 15.7 Å². The second-order valence-electron chi connectivity index (χ2n) is 6.91. The van der Waals surface area contributed by atoms with Gasteiger partial charge in [0.25, 0.3) is 5.56 Å². The summed E-state index contributed by atoms with van der Waals surface area (Å²) < 4.78 is 10.1. The molecule has 8 heteroatoms. The fourth-order valence-corrected chi connectivity index (χ4v) is 3.47. The first-order valence-corrected chi connectivity index (χ1v) is 9.38. The van der Waals surface area contributed by atoms with E-state index in [9.17, 15) is 9.59 Å². The van der Waals surface area contributed by atoms with Gasteiger partial charge in [-0.3, -0.25) is 18.5 Å². The standard InChI is InChI=1S/C21H19ClN4O3/c1-13-6-4-9-16(10-13)29-20-23-18-17(19(27)25(3)21(28)24(18)2)26(20)12-14-7-5-8-15(22)11-14/h4-11H,12H2,1-3H3. The largest absolute Gasteiger partial charge is 0.425 e. The average Bonchev–Trinajstić information content (AvgIpc) is 3.03. The fraction of sp³-hybridized carbons (Fsp3) is 0.190. The molecule has 2 aromatic heterocycles. The zero-order valence-corrected chi connectivity index (χ0v) is 17.0. The minimum Gasteiger partial charge on any atom is -0.425 e. The maximum atomic E-state index is 12.9. The molecule has 4 aromatic rings. The van der Waals surface area contributed by atoms with E-state index in [1.165, 1.54) is 11.6 Å². The number of benzene rings is 2. The lowest BCUT2D eigenvalue weighted by Gasteiger charge is -2.11. The van der Waals surface area contributed by atoms with Crippen molar-refractivity contribution in [2.75, 3.05) is 0 Å². The minimum absolute atomic E-state index is 0.226. The van der Waals surface area contributed by atoms with E-state index in [1.807, 2.05) is 49.4 Å². The third-order valence-electron chi connectivity index (χ3n) is 4.74. The molecule has 29 heavy (non-hydrogen) atoms. The molecule has 0 aliphatic heterocycles. The number of halogens is 1. The van der Waals surface area contributed by atoms with E-state index in [2.05, 4.69) is 4.98 Å². The van der Waals surface area contributed by atoms with Gasteiger partial charge in [0, 0.05) is 19.1 Å². The lowest BCUT2D eigenvalue weighted by molar-refractivity contribution is 0.421. The van der Waals surface area contributed by atoms with Crippen LogP contribution in [-0.4, -0.2) is 18.7 Å². The third kappa shape index (κ3) is 3.45. The maximum absolute atomic E-state index is 12.9. The highest BCUT2D eigenvalue weighted by molar-refractivity contribution is 6.30. The van der Waals surface area contributed by atoms with Crippen LogP contribution in [0, 0.1) is 6.92 Å². The van der Waals surface area contributed by atoms with Crippen molar-refractivity contribution in [3.63, 3.8) is 0 Å². The number of hydrogen-bond acceptors (Lipinski definition) is 4. The first-order chi connectivity index (χ1) is 13.8. The van der Waals surface area contributed by atoms with Crippen LogP contribution < -0.4 is 16.0 Å². The Labute approximate surface area is 171 Å². The molecule has 0 spiro atoms. The molecule has 7 nitrogen and oxygen atoms in total. The first kappa shape index (κ1) is 19.0. The number of rotatable bonds is 4. The Morgan fingerprint density at radius 1 is 1.03 bits per heavy atom. The van der Waals surface area contributed by atoms with Crippen molar-refractivity contribution in [1.82, 2.24) is 18.7 Å². The number of fused-ring (bicyclic) bond motifs is 1. The Kier molecular flexibility index (Phi) is 4.76. The van der Waals surface area contributed by atoms with Crippen molar-refractivity contribution >= 4 is 22.8 Å². The molecule has 0 saturated heterocycles. The fourth-order valence-electron chi connectivity index (χ4n) is 3.25. The molecule has 4 rings (SSSR count). The summed E-state index contributed by atoms with van der Waals surface area (Å²) in [7, 11) is 3.03. The van der Waals surface area contributed by atoms with Crippen LogP contribution in [0.1, 0.15) is 11.1 Å². The van der Waals surface area contributed by atoms with Crippen LogP contribution in [0.3, 0.4) is 0 Å². The zero-order valence-electron chi connectivity index (χ0n) is 16.2. The van der Waals surface area contributed by atoms with E-state index < -0.39 is 11.2 Å². The Balaban J connectivity index is 1.96. The Morgan fingerprint density at radius 2 is 1.79 bits per heavy atom. The molecular weight excluding hydrogens is 392 g/mol. The maximum Gasteiger partial charge on any atom is 0.332 e. The predicted molar refractivity (Wildman–Crippen MR) is 112 cm³/mol. The number of aryl methyl sites for hydroxylation is 2. The molecule has 0 bridgehead atoms. The van der Waals surface area contributed by atoms with E-state index in [1.54, 1.807) is 17.7 Å². The molecule has 0 unspecified atom stereocenters. The van der Waals surface area contributed by atoms with Gasteiger partial charge in [0.1, 0.15) is 5.75 Å². The van der Waals surface area contributed by atoms with E-state index in [4.69, 9.17) is 16.3 Å². The van der Waals surface area contributed by atoms with Crippen LogP contribution in [-0.2, 0) is 20.6 Å². The molecule has 0 aliphatic carbocycles. The first-order valence-electron chi connectivity index (χ1n) is 9.00. The molecule has 0 atom stereocenters. The molecule has 0 aliphatic rings. The van der Waals surface area contributed by atoms with Crippen molar-refractivity contribution < 1.29 is 4.74 Å². The van der Waals surface area contributed by atoms with Crippen LogP contribution in [0.2, 0.25) is 5.02 Å². The summed E-state index contributed by atoms with van der Waals surface area (Å²) in [5.74, 6) is 0.592. The predicted octanol–water partition coefficient (Wildman–Crippen LogP) is 3.24. The summed E-state index contributed by atoms with van der Waals surface area (Å²) in [6, 6.07) is 15.1. The molecule has 2 aromatic carbocycles. The second kappa shape index (κ2) is 7.25. The third-order valence-corrected chi connectivity index (χ3v) is 4.98. The van der Waals surface area contributed by atoms with Crippen LogP contribution in [0.15, 0.2) is 58.1 Å². The minimum atomic E-state index is -0.447. The van der Waals surface area contributed by atoms with E-state index in [0.29, 0.717) is 17.3 Å². The second-order valence-corrected chi connectivity index (χ2v) is 7.34. The van der Waals surface area contributed by atoms with Crippen molar-refractivity contribution in [1.29, 1.82) is 0 Å². The van der Waals surface area contributed by atoms with Gasteiger partial charge >= 0.3 is 11.7 Å². The monoisotopic (exact) mass is 410 g/mol. The van der Waals surface area contributed by atoms with Gasteiger partial charge in [0.2, 0.25) is 0 Å². The summed E-state index contributed by atoms with van der Waals surface area (Å²) in [5.41, 5.74) is 1.58. The van der Waals surface area contributed by atoms with Gasteiger partial charge in [0.15, 0.2) is 11.2 Å². The number of nitrogens with zero attached hydrogens (tertiary/aromatic N) is 4. The van der Waals surface area contributed by atoms with Crippen molar-refractivity contribution in [2.24, 2.45) is 14.1 Å². The molecule has 0 saturated carbocycles. The van der Waals surface area contributed by atoms with E-state index >= 15 is 0 Å². The Hall–Kier alpha value is -3.32. The summed E-state index contributed by atoms with van der Waals surface area (Å²) in [5, 5.41) is 0.591. The number of aromatic nitrogens is 4. The van der Waals surface area contributed by atoms with Gasteiger partial charge in [-0.2, -0.15) is 4.98 Å². The highest BCUT2D eigenvalue weighted by Crippen LogP contribution is 2.26. The van der Waals surface area contributed by atoms with Crippen LogP contribution in [0.4, 0.5) is 0 Å². The molecule has 0 N–H and O–H groups in total. The van der Waals surface area contributed by atoms with Crippen molar-refractivity contribution in [3.05, 3.63) is 85.5 Å². The lowest BCUT2D eigenvalue weighted by atomic mass is 10.2. The van der Waals surface area contributed by atoms with Gasteiger partial charge in [-0.25, -0.2) is 4.79 Å². The van der Waals surface area contributed by atoms with Crippen molar-refractivity contribution in [3.8, 4) is 11.8 Å². The topological polar surface area (TPSA) is 71.1 Å².